The molecule has 1 aliphatic heterocycles. The molecule has 0 unspecified atom stereocenters. The van der Waals surface area contributed by atoms with Gasteiger partial charge in [0.2, 0.25) is 0 Å². The Hall–Kier alpha value is -0.0400. The van der Waals surface area contributed by atoms with Crippen LogP contribution in [-0.2, 0) is 0 Å². The van der Waals surface area contributed by atoms with E-state index in [1.165, 1.54) is 96.3 Å². The number of hydrogen-bond acceptors (Lipinski definition) is 1. The zero-order chi connectivity index (χ0) is 15.0. The molecule has 0 bridgehead atoms. The highest BCUT2D eigenvalue weighted by atomic mass is 15.2. The minimum atomic E-state index is 0.534. The average molecular weight is 294 g/mol. The fraction of sp³-hybridized carbons (Fsp3) is 1.00. The molecule has 2 fully saturated rings. The lowest BCUT2D eigenvalue weighted by Crippen LogP contribution is -2.29. The van der Waals surface area contributed by atoms with E-state index < -0.39 is 0 Å². The Kier molecular flexibility index (Phi) is 7.57. The van der Waals surface area contributed by atoms with Crippen molar-refractivity contribution in [2.24, 2.45) is 5.92 Å². The molecular weight excluding hydrogens is 254 g/mol. The molecule has 0 aromatic carbocycles. The van der Waals surface area contributed by atoms with Crippen molar-refractivity contribution in [3.05, 3.63) is 0 Å². The largest absolute Gasteiger partial charge is 0.305 e. The molecule has 1 heterocycles. The van der Waals surface area contributed by atoms with Crippen molar-refractivity contribution in [3.8, 4) is 0 Å². The highest BCUT2D eigenvalue weighted by Gasteiger charge is 2.53. The summed E-state index contributed by atoms with van der Waals surface area (Å²) in [5.74, 6) is 0.954. The van der Waals surface area contributed by atoms with Gasteiger partial charge in [-0.3, -0.25) is 0 Å². The molecule has 0 spiro atoms. The summed E-state index contributed by atoms with van der Waals surface area (Å²) < 4.78 is 0. The first-order chi connectivity index (χ1) is 10.3. The Morgan fingerprint density at radius 1 is 0.762 bits per heavy atom. The molecule has 0 aromatic heterocycles. The first-order valence-electron chi connectivity index (χ1n) is 10.1. The van der Waals surface area contributed by atoms with Crippen LogP contribution in [0, 0.1) is 5.92 Å². The molecule has 1 saturated carbocycles. The van der Waals surface area contributed by atoms with Gasteiger partial charge in [0.25, 0.3) is 0 Å². The Balaban J connectivity index is 1.84. The normalized spacial score (nSPS) is 34.3. The van der Waals surface area contributed by atoms with Crippen molar-refractivity contribution in [2.75, 3.05) is 0 Å². The van der Waals surface area contributed by atoms with E-state index in [0.717, 1.165) is 12.0 Å². The van der Waals surface area contributed by atoms with Crippen molar-refractivity contribution < 1.29 is 0 Å². The van der Waals surface area contributed by atoms with Crippen LogP contribution in [0.15, 0.2) is 0 Å². The molecule has 0 radical (unpaired) electrons. The van der Waals surface area contributed by atoms with Crippen LogP contribution in [0.3, 0.4) is 0 Å². The second kappa shape index (κ2) is 9.18. The smallest absolute Gasteiger partial charge is 0.0363 e. The van der Waals surface area contributed by atoms with Crippen molar-refractivity contribution >= 4 is 0 Å². The van der Waals surface area contributed by atoms with Crippen LogP contribution in [0.2, 0.25) is 0 Å². The highest BCUT2D eigenvalue weighted by molar-refractivity contribution is 5.14. The third-order valence-corrected chi connectivity index (χ3v) is 6.17. The lowest BCUT2D eigenvalue weighted by Gasteiger charge is -2.27. The van der Waals surface area contributed by atoms with Crippen LogP contribution in [0.25, 0.3) is 0 Å². The Morgan fingerprint density at radius 3 is 1.48 bits per heavy atom. The number of rotatable bonds is 3. The summed E-state index contributed by atoms with van der Waals surface area (Å²) in [5, 5.41) is 3.85. The van der Waals surface area contributed by atoms with E-state index in [-0.39, 0.29) is 0 Å². The molecule has 1 saturated heterocycles. The summed E-state index contributed by atoms with van der Waals surface area (Å²) in [5.41, 5.74) is 0.534. The molecule has 0 amide bonds. The topological polar surface area (TPSA) is 21.9 Å². The first-order valence-corrected chi connectivity index (χ1v) is 10.1. The monoisotopic (exact) mass is 293 g/mol. The van der Waals surface area contributed by atoms with Crippen LogP contribution in [0.5, 0.6) is 0 Å². The van der Waals surface area contributed by atoms with Gasteiger partial charge < -0.3 is 5.32 Å². The van der Waals surface area contributed by atoms with E-state index in [2.05, 4.69) is 19.2 Å². The maximum absolute atomic E-state index is 3.85. The molecule has 2 atom stereocenters. The van der Waals surface area contributed by atoms with Gasteiger partial charge >= 0.3 is 0 Å². The van der Waals surface area contributed by atoms with Gasteiger partial charge in [0.1, 0.15) is 0 Å². The average Bonchev–Trinajstić information content (AvgIpc) is 3.12. The molecule has 2 aliphatic rings. The van der Waals surface area contributed by atoms with Crippen molar-refractivity contribution in [2.45, 2.75) is 122 Å². The van der Waals surface area contributed by atoms with Crippen LogP contribution >= 0.6 is 0 Å². The Morgan fingerprint density at radius 2 is 1.14 bits per heavy atom. The molecule has 1 N–H and O–H groups in total. The van der Waals surface area contributed by atoms with Gasteiger partial charge in [0.05, 0.1) is 0 Å². The van der Waals surface area contributed by atoms with Gasteiger partial charge in [-0.1, -0.05) is 84.0 Å². The molecule has 21 heavy (non-hydrogen) atoms. The maximum atomic E-state index is 3.85. The molecule has 1 nitrogen and oxygen atoms in total. The molecule has 1 heteroatoms. The highest BCUT2D eigenvalue weighted by Crippen LogP contribution is 2.43. The zero-order valence-electron chi connectivity index (χ0n) is 14.8. The summed E-state index contributed by atoms with van der Waals surface area (Å²) in [6.45, 7) is 4.78. The minimum Gasteiger partial charge on any atom is -0.305 e. The summed E-state index contributed by atoms with van der Waals surface area (Å²) in [7, 11) is 0. The third-order valence-electron chi connectivity index (χ3n) is 6.17. The Bertz CT molecular complexity index is 261. The molecule has 2 rings (SSSR count). The fourth-order valence-electron chi connectivity index (χ4n) is 4.77. The second-order valence-electron chi connectivity index (χ2n) is 7.82. The lowest BCUT2D eigenvalue weighted by molar-refractivity contribution is 0.293. The van der Waals surface area contributed by atoms with Crippen LogP contribution in [0.1, 0.15) is 110 Å². The summed E-state index contributed by atoms with van der Waals surface area (Å²) >= 11 is 0. The van der Waals surface area contributed by atoms with E-state index in [1.54, 1.807) is 0 Å². The molecular formula is C20H39N. The Labute approximate surface area is 133 Å². The summed E-state index contributed by atoms with van der Waals surface area (Å²) in [4.78, 5) is 0. The van der Waals surface area contributed by atoms with Crippen molar-refractivity contribution in [1.82, 2.24) is 5.32 Å². The van der Waals surface area contributed by atoms with Gasteiger partial charge in [-0.25, -0.2) is 0 Å². The van der Waals surface area contributed by atoms with Gasteiger partial charge in [-0.15, -0.1) is 0 Å². The summed E-state index contributed by atoms with van der Waals surface area (Å²) in [6.07, 6.45) is 22.0. The predicted octanol–water partition coefficient (Wildman–Crippen LogP) is 6.22. The van der Waals surface area contributed by atoms with E-state index in [0.29, 0.717) is 5.54 Å². The van der Waals surface area contributed by atoms with E-state index >= 15 is 0 Å². The summed E-state index contributed by atoms with van der Waals surface area (Å²) in [6, 6.07) is 0.779. The number of hydrogen-bond donors (Lipinski definition) is 1. The third kappa shape index (κ3) is 5.27. The first kappa shape index (κ1) is 17.3. The number of nitrogens with one attached hydrogen (secondary N) is 1. The van der Waals surface area contributed by atoms with Gasteiger partial charge in [-0.05, 0) is 32.1 Å². The van der Waals surface area contributed by atoms with Gasteiger partial charge in [0, 0.05) is 11.6 Å². The second-order valence-corrected chi connectivity index (χ2v) is 7.82. The quantitative estimate of drug-likeness (QED) is 0.613. The van der Waals surface area contributed by atoms with Crippen LogP contribution < -0.4 is 5.32 Å². The van der Waals surface area contributed by atoms with Crippen molar-refractivity contribution in [1.29, 1.82) is 0 Å². The molecule has 1 aliphatic carbocycles. The van der Waals surface area contributed by atoms with Gasteiger partial charge in [0.15, 0.2) is 0 Å². The lowest BCUT2D eigenvalue weighted by atomic mass is 9.78. The van der Waals surface area contributed by atoms with Crippen LogP contribution in [-0.4, -0.2) is 11.6 Å². The van der Waals surface area contributed by atoms with E-state index in [9.17, 15) is 0 Å². The minimum absolute atomic E-state index is 0.534. The fourth-order valence-corrected chi connectivity index (χ4v) is 4.77. The SMILES string of the molecule is CCC[C@@]1(C2CCCCCCCCCCCCC2)N[C@H]1C. The molecule has 124 valence electrons. The molecule has 0 aromatic rings. The van der Waals surface area contributed by atoms with E-state index in [4.69, 9.17) is 0 Å². The van der Waals surface area contributed by atoms with Crippen molar-refractivity contribution in [3.63, 3.8) is 0 Å². The van der Waals surface area contributed by atoms with Gasteiger partial charge in [-0.2, -0.15) is 0 Å². The maximum Gasteiger partial charge on any atom is 0.0363 e. The van der Waals surface area contributed by atoms with E-state index in [1.807, 2.05) is 0 Å². The predicted molar refractivity (Wildman–Crippen MR) is 93.7 cm³/mol. The van der Waals surface area contributed by atoms with Crippen LogP contribution in [0.4, 0.5) is 0 Å². The zero-order valence-corrected chi connectivity index (χ0v) is 14.8. The standard InChI is InChI=1S/C20H39N/c1-3-17-20(18(2)21-20)19-15-13-11-9-7-5-4-6-8-10-12-14-16-19/h18-19,21H,3-17H2,1-2H3/t18-,20+/m0/s1.